The lowest BCUT2D eigenvalue weighted by Crippen LogP contribution is -2.48. The Labute approximate surface area is 115 Å². The van der Waals surface area contributed by atoms with Gasteiger partial charge in [-0.15, -0.1) is 0 Å². The Kier molecular flexibility index (Phi) is 5.21. The summed E-state index contributed by atoms with van der Waals surface area (Å²) in [4.78, 5) is 6.64. The van der Waals surface area contributed by atoms with Crippen molar-refractivity contribution in [3.05, 3.63) is 35.9 Å². The summed E-state index contributed by atoms with van der Waals surface area (Å²) in [7, 11) is 0. The first-order valence-electron chi connectivity index (χ1n) is 7.13. The van der Waals surface area contributed by atoms with Crippen LogP contribution in [0.4, 0.5) is 0 Å². The van der Waals surface area contributed by atoms with Gasteiger partial charge in [0, 0.05) is 19.6 Å². The van der Waals surface area contributed by atoms with Gasteiger partial charge in [-0.2, -0.15) is 0 Å². The van der Waals surface area contributed by atoms with Crippen molar-refractivity contribution < 1.29 is 0 Å². The average Bonchev–Trinajstić information content (AvgIpc) is 2.47. The van der Waals surface area contributed by atoms with Crippen LogP contribution in [0.2, 0.25) is 0 Å². The van der Waals surface area contributed by atoms with Crippen LogP contribution in [0.25, 0.3) is 0 Å². The molecule has 0 amide bonds. The van der Waals surface area contributed by atoms with E-state index >= 15 is 0 Å². The van der Waals surface area contributed by atoms with Crippen LogP contribution in [0.5, 0.6) is 0 Å². The van der Waals surface area contributed by atoms with Gasteiger partial charge in [0.2, 0.25) is 5.96 Å². The zero-order valence-electron chi connectivity index (χ0n) is 11.7. The number of nitrogens with one attached hydrogen (secondary N) is 1. The summed E-state index contributed by atoms with van der Waals surface area (Å²) < 4.78 is 0. The molecule has 1 saturated heterocycles. The predicted molar refractivity (Wildman–Crippen MR) is 79.7 cm³/mol. The van der Waals surface area contributed by atoms with Crippen molar-refractivity contribution >= 4 is 5.96 Å². The van der Waals surface area contributed by atoms with Crippen molar-refractivity contribution in [2.45, 2.75) is 26.2 Å². The summed E-state index contributed by atoms with van der Waals surface area (Å²) in [6.07, 6.45) is 3.60. The van der Waals surface area contributed by atoms with E-state index in [1.807, 2.05) is 6.92 Å². The number of benzene rings is 1. The Bertz CT molecular complexity index is 394. The maximum absolute atomic E-state index is 5.53. The van der Waals surface area contributed by atoms with Crippen LogP contribution in [0, 0.1) is 5.92 Å². The summed E-state index contributed by atoms with van der Waals surface area (Å²) in [5.74, 6) is 7.14. The normalized spacial score (nSPS) is 17.6. The second-order valence-electron chi connectivity index (χ2n) is 5.06. The molecule has 0 bridgehead atoms. The van der Waals surface area contributed by atoms with E-state index in [0.717, 1.165) is 31.5 Å². The lowest BCUT2D eigenvalue weighted by molar-refractivity contribution is 0.259. The minimum atomic E-state index is 0.767. The molecule has 3 N–H and O–H groups in total. The quantitative estimate of drug-likeness (QED) is 0.377. The van der Waals surface area contributed by atoms with Gasteiger partial charge in [0.15, 0.2) is 0 Å². The maximum atomic E-state index is 5.53. The number of nitrogens with zero attached hydrogens (tertiary/aromatic N) is 2. The molecule has 1 aromatic carbocycles. The Morgan fingerprint density at radius 2 is 2.00 bits per heavy atom. The van der Waals surface area contributed by atoms with Crippen molar-refractivity contribution in [1.29, 1.82) is 0 Å². The van der Waals surface area contributed by atoms with E-state index in [2.05, 4.69) is 45.6 Å². The van der Waals surface area contributed by atoms with Gasteiger partial charge >= 0.3 is 0 Å². The molecule has 1 aliphatic rings. The Balaban J connectivity index is 1.84. The van der Waals surface area contributed by atoms with E-state index in [-0.39, 0.29) is 0 Å². The highest BCUT2D eigenvalue weighted by molar-refractivity contribution is 5.79. The van der Waals surface area contributed by atoms with Crippen LogP contribution in [-0.2, 0) is 6.42 Å². The molecule has 0 spiro atoms. The summed E-state index contributed by atoms with van der Waals surface area (Å²) in [5.41, 5.74) is 4.16. The molecule has 1 aliphatic heterocycles. The molecule has 1 aromatic rings. The molecule has 19 heavy (non-hydrogen) atoms. The minimum absolute atomic E-state index is 0.767. The monoisotopic (exact) mass is 260 g/mol. The first-order valence-corrected chi connectivity index (χ1v) is 7.13. The van der Waals surface area contributed by atoms with Gasteiger partial charge in [0.05, 0.1) is 0 Å². The third kappa shape index (κ3) is 3.96. The first kappa shape index (κ1) is 13.9. The van der Waals surface area contributed by atoms with E-state index in [9.17, 15) is 0 Å². The molecule has 4 nitrogen and oxygen atoms in total. The van der Waals surface area contributed by atoms with Crippen LogP contribution < -0.4 is 11.3 Å². The van der Waals surface area contributed by atoms with E-state index < -0.39 is 0 Å². The first-order chi connectivity index (χ1) is 9.33. The number of hydrogen-bond donors (Lipinski definition) is 2. The fraction of sp³-hybridized carbons (Fsp3) is 0.533. The third-order valence-electron chi connectivity index (χ3n) is 3.72. The average molecular weight is 260 g/mol. The van der Waals surface area contributed by atoms with Crippen molar-refractivity contribution in [2.75, 3.05) is 19.6 Å². The molecule has 0 aliphatic carbocycles. The smallest absolute Gasteiger partial charge is 0.208 e. The summed E-state index contributed by atoms with van der Waals surface area (Å²) in [6, 6.07) is 10.8. The standard InChI is InChI=1S/C15H24N4/c1-2-17-15(18-16)19-10-8-14(9-11-19)12-13-6-4-3-5-7-13/h3-7,14H,2,8-12,16H2,1H3,(H,17,18). The topological polar surface area (TPSA) is 53.6 Å². The molecule has 0 unspecified atom stereocenters. The van der Waals surface area contributed by atoms with Gasteiger partial charge in [-0.3, -0.25) is 10.4 Å². The summed E-state index contributed by atoms with van der Waals surface area (Å²) >= 11 is 0. The molecule has 1 heterocycles. The highest BCUT2D eigenvalue weighted by atomic mass is 15.4. The molecule has 4 heteroatoms. The second-order valence-corrected chi connectivity index (χ2v) is 5.06. The maximum Gasteiger partial charge on any atom is 0.208 e. The minimum Gasteiger partial charge on any atom is -0.342 e. The zero-order chi connectivity index (χ0) is 13.5. The van der Waals surface area contributed by atoms with Gasteiger partial charge in [-0.05, 0) is 37.7 Å². The Hall–Kier alpha value is -1.55. The van der Waals surface area contributed by atoms with Gasteiger partial charge < -0.3 is 4.90 Å². The van der Waals surface area contributed by atoms with Crippen molar-refractivity contribution in [2.24, 2.45) is 16.8 Å². The number of nitrogens with two attached hydrogens (primary N) is 1. The lowest BCUT2D eigenvalue weighted by Gasteiger charge is -2.33. The van der Waals surface area contributed by atoms with E-state index in [1.54, 1.807) is 0 Å². The highest BCUT2D eigenvalue weighted by Crippen LogP contribution is 2.21. The van der Waals surface area contributed by atoms with Crippen LogP contribution in [0.3, 0.4) is 0 Å². The van der Waals surface area contributed by atoms with Gasteiger partial charge in [0.1, 0.15) is 0 Å². The number of likely N-dealkylation sites (tertiary alicyclic amines) is 1. The molecule has 0 radical (unpaired) electrons. The van der Waals surface area contributed by atoms with Gasteiger partial charge in [-0.1, -0.05) is 30.3 Å². The second kappa shape index (κ2) is 7.14. The number of hydrogen-bond acceptors (Lipinski definition) is 2. The highest BCUT2D eigenvalue weighted by Gasteiger charge is 2.21. The molecule has 2 rings (SSSR count). The molecular weight excluding hydrogens is 236 g/mol. The molecular formula is C15H24N4. The van der Waals surface area contributed by atoms with Crippen molar-refractivity contribution in [3.8, 4) is 0 Å². The molecule has 0 saturated carbocycles. The number of rotatable bonds is 3. The number of guanidine groups is 1. The van der Waals surface area contributed by atoms with E-state index in [1.165, 1.54) is 24.8 Å². The molecule has 1 fully saturated rings. The largest absolute Gasteiger partial charge is 0.342 e. The zero-order valence-corrected chi connectivity index (χ0v) is 11.7. The van der Waals surface area contributed by atoms with E-state index in [0.29, 0.717) is 0 Å². The van der Waals surface area contributed by atoms with E-state index in [4.69, 9.17) is 5.84 Å². The molecule has 0 atom stereocenters. The third-order valence-corrected chi connectivity index (χ3v) is 3.72. The summed E-state index contributed by atoms with van der Waals surface area (Å²) in [5, 5.41) is 0. The van der Waals surface area contributed by atoms with Crippen LogP contribution in [0.15, 0.2) is 35.3 Å². The Morgan fingerprint density at radius 3 is 2.58 bits per heavy atom. The van der Waals surface area contributed by atoms with Gasteiger partial charge in [0.25, 0.3) is 0 Å². The molecule has 0 aromatic heterocycles. The van der Waals surface area contributed by atoms with Crippen LogP contribution in [-0.4, -0.2) is 30.5 Å². The SMILES string of the molecule is CCN=C(NN)N1CCC(Cc2ccccc2)CC1. The van der Waals surface area contributed by atoms with Crippen LogP contribution >= 0.6 is 0 Å². The fourth-order valence-electron chi connectivity index (χ4n) is 2.68. The molecule has 104 valence electrons. The fourth-order valence-corrected chi connectivity index (χ4v) is 2.68. The summed E-state index contributed by atoms with van der Waals surface area (Å²) in [6.45, 7) is 4.88. The number of hydrazine groups is 1. The Morgan fingerprint density at radius 1 is 1.32 bits per heavy atom. The van der Waals surface area contributed by atoms with Crippen LogP contribution in [0.1, 0.15) is 25.3 Å². The number of piperidine rings is 1. The van der Waals surface area contributed by atoms with Crippen molar-refractivity contribution in [3.63, 3.8) is 0 Å². The van der Waals surface area contributed by atoms with Crippen molar-refractivity contribution in [1.82, 2.24) is 10.3 Å². The predicted octanol–water partition coefficient (Wildman–Crippen LogP) is 1.78. The van der Waals surface area contributed by atoms with Gasteiger partial charge in [-0.25, -0.2) is 5.84 Å². The number of aliphatic imine (C=N–C) groups is 1. The lowest BCUT2D eigenvalue weighted by atomic mass is 9.90.